The van der Waals surface area contributed by atoms with Crippen LogP contribution in [0.15, 0.2) is 23.9 Å². The largest absolute Gasteiger partial charge is 0.376 e. The maximum absolute atomic E-state index is 6.32. The van der Waals surface area contributed by atoms with Crippen LogP contribution in [-0.2, 0) is 4.74 Å². The third-order valence-corrected chi connectivity index (χ3v) is 7.99. The van der Waals surface area contributed by atoms with E-state index in [0.717, 1.165) is 19.1 Å². The Kier molecular flexibility index (Phi) is 5.51. The normalized spacial score (nSPS) is 38.2. The maximum Gasteiger partial charge on any atom is 0.0645 e. The van der Waals surface area contributed by atoms with Crippen molar-refractivity contribution in [3.63, 3.8) is 0 Å². The van der Waals surface area contributed by atoms with Crippen LogP contribution in [0.25, 0.3) is 0 Å². The molecule has 1 heterocycles. The van der Waals surface area contributed by atoms with Crippen molar-refractivity contribution in [3.05, 3.63) is 23.9 Å². The van der Waals surface area contributed by atoms with Gasteiger partial charge in [0.05, 0.1) is 12.7 Å². The molecule has 0 amide bonds. The second kappa shape index (κ2) is 7.70. The molecule has 0 bridgehead atoms. The highest BCUT2D eigenvalue weighted by atomic mass is 16.5. The van der Waals surface area contributed by atoms with Gasteiger partial charge in [-0.15, -0.1) is 6.58 Å². The standard InChI is InChI=1S/C24H39NO/c1-4-19-11-13-23-24(3,17-19)21-16-18(2)10-12-22(21)25(23)14-15-26-20-8-6-5-7-9-20/h4,18-20,23H,1,5-17H2,2-3H3. The summed E-state index contributed by atoms with van der Waals surface area (Å²) in [4.78, 5) is 2.81. The molecule has 4 unspecified atom stereocenters. The van der Waals surface area contributed by atoms with Crippen molar-refractivity contribution in [1.82, 2.24) is 4.90 Å². The number of hydrogen-bond donors (Lipinski definition) is 0. The zero-order valence-corrected chi connectivity index (χ0v) is 17.1. The lowest BCUT2D eigenvalue weighted by atomic mass is 9.63. The van der Waals surface area contributed by atoms with Gasteiger partial charge in [-0.05, 0) is 68.8 Å². The first-order chi connectivity index (χ1) is 12.6. The Morgan fingerprint density at radius 1 is 1.15 bits per heavy atom. The third-order valence-electron chi connectivity index (χ3n) is 7.99. The van der Waals surface area contributed by atoms with E-state index in [0.29, 0.717) is 23.5 Å². The molecule has 1 aliphatic heterocycles. The van der Waals surface area contributed by atoms with E-state index >= 15 is 0 Å². The fourth-order valence-corrected chi connectivity index (χ4v) is 6.51. The van der Waals surface area contributed by atoms with Gasteiger partial charge in [0.15, 0.2) is 0 Å². The third kappa shape index (κ3) is 3.39. The molecule has 4 atom stereocenters. The van der Waals surface area contributed by atoms with Crippen molar-refractivity contribution in [1.29, 1.82) is 0 Å². The average Bonchev–Trinajstić information content (AvgIpc) is 2.90. The fourth-order valence-electron chi connectivity index (χ4n) is 6.51. The topological polar surface area (TPSA) is 12.5 Å². The number of hydrogen-bond acceptors (Lipinski definition) is 2. The average molecular weight is 358 g/mol. The first-order valence-electron chi connectivity index (χ1n) is 11.3. The summed E-state index contributed by atoms with van der Waals surface area (Å²) in [6.45, 7) is 11.2. The molecule has 2 fully saturated rings. The smallest absolute Gasteiger partial charge is 0.0645 e. The Hall–Kier alpha value is -0.760. The summed E-state index contributed by atoms with van der Waals surface area (Å²) in [5, 5.41) is 0. The van der Waals surface area contributed by atoms with Crippen molar-refractivity contribution < 1.29 is 4.74 Å². The molecule has 0 aromatic rings. The minimum Gasteiger partial charge on any atom is -0.376 e. The summed E-state index contributed by atoms with van der Waals surface area (Å²) < 4.78 is 6.32. The van der Waals surface area contributed by atoms with Crippen LogP contribution in [0.2, 0.25) is 0 Å². The van der Waals surface area contributed by atoms with Gasteiger partial charge in [-0.2, -0.15) is 0 Å². The Morgan fingerprint density at radius 2 is 1.96 bits per heavy atom. The van der Waals surface area contributed by atoms with Gasteiger partial charge in [0.1, 0.15) is 0 Å². The van der Waals surface area contributed by atoms with Crippen LogP contribution in [-0.4, -0.2) is 30.2 Å². The second-order valence-electron chi connectivity index (χ2n) is 9.81. The molecular weight excluding hydrogens is 318 g/mol. The van der Waals surface area contributed by atoms with E-state index in [9.17, 15) is 0 Å². The molecule has 2 saturated carbocycles. The monoisotopic (exact) mass is 357 g/mol. The van der Waals surface area contributed by atoms with Gasteiger partial charge >= 0.3 is 0 Å². The second-order valence-corrected chi connectivity index (χ2v) is 9.81. The summed E-state index contributed by atoms with van der Waals surface area (Å²) in [6, 6.07) is 0.712. The molecule has 26 heavy (non-hydrogen) atoms. The Bertz CT molecular complexity index is 546. The molecule has 4 rings (SSSR count). The summed E-state index contributed by atoms with van der Waals surface area (Å²) >= 11 is 0. The van der Waals surface area contributed by atoms with Gasteiger partial charge in [-0.25, -0.2) is 0 Å². The van der Waals surface area contributed by atoms with E-state index < -0.39 is 0 Å². The molecule has 0 radical (unpaired) electrons. The zero-order valence-electron chi connectivity index (χ0n) is 17.1. The van der Waals surface area contributed by atoms with Crippen molar-refractivity contribution in [3.8, 4) is 0 Å². The highest BCUT2D eigenvalue weighted by molar-refractivity contribution is 5.34. The van der Waals surface area contributed by atoms with Crippen LogP contribution in [0.4, 0.5) is 0 Å². The lowest BCUT2D eigenvalue weighted by Gasteiger charge is -2.45. The number of fused-ring (bicyclic) bond motifs is 2. The van der Waals surface area contributed by atoms with E-state index in [1.807, 2.05) is 5.57 Å². The van der Waals surface area contributed by atoms with Crippen LogP contribution in [0, 0.1) is 17.3 Å². The van der Waals surface area contributed by atoms with Gasteiger partial charge in [0, 0.05) is 23.7 Å². The molecule has 0 saturated heterocycles. The van der Waals surface area contributed by atoms with Crippen LogP contribution in [0.1, 0.15) is 84.5 Å². The van der Waals surface area contributed by atoms with Gasteiger partial charge < -0.3 is 9.64 Å². The van der Waals surface area contributed by atoms with Crippen LogP contribution >= 0.6 is 0 Å². The van der Waals surface area contributed by atoms with Crippen LogP contribution in [0.5, 0.6) is 0 Å². The van der Waals surface area contributed by atoms with E-state index in [1.165, 1.54) is 70.6 Å². The Balaban J connectivity index is 1.47. The molecule has 0 N–H and O–H groups in total. The summed E-state index contributed by atoms with van der Waals surface area (Å²) in [5.74, 6) is 1.56. The van der Waals surface area contributed by atoms with Crippen molar-refractivity contribution in [2.75, 3.05) is 13.2 Å². The molecule has 0 aromatic carbocycles. The Morgan fingerprint density at radius 3 is 2.73 bits per heavy atom. The lowest BCUT2D eigenvalue weighted by Crippen LogP contribution is -2.45. The minimum atomic E-state index is 0.381. The molecule has 2 heteroatoms. The number of nitrogens with zero attached hydrogens (tertiary/aromatic N) is 1. The zero-order chi connectivity index (χ0) is 18.1. The molecular formula is C24H39NO. The quantitative estimate of drug-likeness (QED) is 0.552. The van der Waals surface area contributed by atoms with E-state index in [2.05, 4.69) is 31.4 Å². The van der Waals surface area contributed by atoms with Crippen molar-refractivity contribution in [2.24, 2.45) is 17.3 Å². The van der Waals surface area contributed by atoms with E-state index in [1.54, 1.807) is 5.70 Å². The number of allylic oxidation sites excluding steroid dienone is 2. The van der Waals surface area contributed by atoms with Gasteiger partial charge in [0.25, 0.3) is 0 Å². The predicted octanol–water partition coefficient (Wildman–Crippen LogP) is 6.09. The SMILES string of the molecule is C=CC1CCC2N(CCOC3CCCCC3)C3=C(CC(C)CC3)C2(C)C1. The van der Waals surface area contributed by atoms with Crippen molar-refractivity contribution in [2.45, 2.75) is 96.6 Å². The molecule has 146 valence electrons. The summed E-state index contributed by atoms with van der Waals surface area (Å²) in [6.07, 6.45) is 17.4. The number of rotatable bonds is 5. The molecule has 3 aliphatic carbocycles. The summed E-state index contributed by atoms with van der Waals surface area (Å²) in [7, 11) is 0. The fraction of sp³-hybridized carbons (Fsp3) is 0.833. The van der Waals surface area contributed by atoms with Gasteiger partial charge in [-0.1, -0.05) is 39.2 Å². The van der Waals surface area contributed by atoms with Crippen molar-refractivity contribution >= 4 is 0 Å². The highest BCUT2D eigenvalue weighted by Crippen LogP contribution is 2.57. The first kappa shape index (κ1) is 18.6. The van der Waals surface area contributed by atoms with Crippen LogP contribution in [0.3, 0.4) is 0 Å². The predicted molar refractivity (Wildman–Crippen MR) is 109 cm³/mol. The van der Waals surface area contributed by atoms with Gasteiger partial charge in [0.2, 0.25) is 0 Å². The first-order valence-corrected chi connectivity index (χ1v) is 11.3. The summed E-state index contributed by atoms with van der Waals surface area (Å²) in [5.41, 5.74) is 3.91. The van der Waals surface area contributed by atoms with E-state index in [-0.39, 0.29) is 0 Å². The maximum atomic E-state index is 6.32. The number of ether oxygens (including phenoxy) is 1. The molecule has 0 spiro atoms. The molecule has 0 aromatic heterocycles. The van der Waals surface area contributed by atoms with Crippen LogP contribution < -0.4 is 0 Å². The van der Waals surface area contributed by atoms with Gasteiger partial charge in [-0.3, -0.25) is 0 Å². The van der Waals surface area contributed by atoms with E-state index in [4.69, 9.17) is 4.74 Å². The minimum absolute atomic E-state index is 0.381. The molecule has 4 aliphatic rings. The highest BCUT2D eigenvalue weighted by Gasteiger charge is 2.52. The molecule has 2 nitrogen and oxygen atoms in total. The Labute approximate surface area is 161 Å². The lowest BCUT2D eigenvalue weighted by molar-refractivity contribution is 0.00694.